The number of nitrogen functional groups attached to an aromatic ring is 1. The van der Waals surface area contributed by atoms with E-state index in [-0.39, 0.29) is 18.3 Å². The van der Waals surface area contributed by atoms with Gasteiger partial charge < -0.3 is 26.7 Å². The zero-order valence-corrected chi connectivity index (χ0v) is 12.7. The van der Waals surface area contributed by atoms with Crippen molar-refractivity contribution in [2.24, 2.45) is 5.73 Å². The molecule has 0 radical (unpaired) electrons. The molecule has 0 unspecified atom stereocenters. The lowest BCUT2D eigenvalue weighted by molar-refractivity contribution is 0.273. The fourth-order valence-electron chi connectivity index (χ4n) is 2.55. The minimum Gasteiger partial charge on any atom is -0.507 e. The van der Waals surface area contributed by atoms with E-state index < -0.39 is 0 Å². The molecule has 1 heterocycles. The minimum absolute atomic E-state index is 0.136. The van der Waals surface area contributed by atoms with Crippen LogP contribution in [0, 0.1) is 0 Å². The molecule has 0 saturated heterocycles. The van der Waals surface area contributed by atoms with Crippen molar-refractivity contribution in [3.8, 4) is 5.75 Å². The number of phenols is 1. The van der Waals surface area contributed by atoms with Crippen LogP contribution in [0.2, 0.25) is 0 Å². The predicted molar refractivity (Wildman–Crippen MR) is 90.1 cm³/mol. The monoisotopic (exact) mass is 301 g/mol. The van der Waals surface area contributed by atoms with Crippen molar-refractivity contribution in [1.29, 1.82) is 0 Å². The van der Waals surface area contributed by atoms with Crippen LogP contribution in [-0.2, 0) is 0 Å². The summed E-state index contributed by atoms with van der Waals surface area (Å²) in [5.74, 6) is 0.905. The third kappa shape index (κ3) is 3.43. The van der Waals surface area contributed by atoms with E-state index in [0.717, 1.165) is 17.7 Å². The molecule has 1 aromatic carbocycles. The van der Waals surface area contributed by atoms with Crippen LogP contribution in [0.25, 0.3) is 11.8 Å². The lowest BCUT2D eigenvalue weighted by Gasteiger charge is -2.10. The zero-order valence-electron chi connectivity index (χ0n) is 12.7. The third-order valence-electron chi connectivity index (χ3n) is 3.84. The highest BCUT2D eigenvalue weighted by Crippen LogP contribution is 2.29. The van der Waals surface area contributed by atoms with E-state index in [1.54, 1.807) is 24.3 Å². The van der Waals surface area contributed by atoms with Gasteiger partial charge in [-0.1, -0.05) is 19.1 Å². The van der Waals surface area contributed by atoms with Gasteiger partial charge in [0.25, 0.3) is 0 Å². The van der Waals surface area contributed by atoms with Gasteiger partial charge in [-0.25, -0.2) is 0 Å². The summed E-state index contributed by atoms with van der Waals surface area (Å²) in [5.41, 5.74) is 14.9. The van der Waals surface area contributed by atoms with E-state index in [1.807, 2.05) is 12.1 Å². The molecule has 118 valence electrons. The van der Waals surface area contributed by atoms with Gasteiger partial charge in [0, 0.05) is 35.0 Å². The first-order chi connectivity index (χ1) is 10.6. The van der Waals surface area contributed by atoms with Crippen molar-refractivity contribution in [2.75, 3.05) is 12.3 Å². The molecule has 5 nitrogen and oxygen atoms in total. The second kappa shape index (κ2) is 7.04. The van der Waals surface area contributed by atoms with Gasteiger partial charge in [-0.2, -0.15) is 0 Å². The van der Waals surface area contributed by atoms with Gasteiger partial charge >= 0.3 is 0 Å². The number of hydrogen-bond donors (Lipinski definition) is 5. The largest absolute Gasteiger partial charge is 0.507 e. The summed E-state index contributed by atoms with van der Waals surface area (Å²) in [4.78, 5) is 3.16. The Labute approximate surface area is 130 Å². The number of hydrogen-bond acceptors (Lipinski definition) is 4. The number of aromatic nitrogens is 1. The molecule has 5 heteroatoms. The van der Waals surface area contributed by atoms with Crippen LogP contribution >= 0.6 is 0 Å². The third-order valence-corrected chi connectivity index (χ3v) is 3.84. The van der Waals surface area contributed by atoms with Crippen LogP contribution in [-0.4, -0.2) is 21.8 Å². The highest BCUT2D eigenvalue weighted by Gasteiger charge is 2.13. The molecule has 2 aromatic rings. The Morgan fingerprint density at radius 1 is 1.36 bits per heavy atom. The lowest BCUT2D eigenvalue weighted by Crippen LogP contribution is -2.00. The SMILES string of the molecule is CC[C@@H](CCO)c1cc(/C=C(\N)c2ccccc2O)c(N)[nH]1. The molecule has 0 aliphatic carbocycles. The molecule has 0 aliphatic rings. The molecule has 2 rings (SSSR count). The van der Waals surface area contributed by atoms with Crippen molar-refractivity contribution in [2.45, 2.75) is 25.7 Å². The molecule has 0 fully saturated rings. The van der Waals surface area contributed by atoms with E-state index in [4.69, 9.17) is 16.6 Å². The van der Waals surface area contributed by atoms with E-state index in [1.165, 1.54) is 0 Å². The smallest absolute Gasteiger partial charge is 0.124 e. The Balaban J connectivity index is 2.32. The summed E-state index contributed by atoms with van der Waals surface area (Å²) in [7, 11) is 0. The number of nitrogens with one attached hydrogen (secondary N) is 1. The average Bonchev–Trinajstić information content (AvgIpc) is 2.86. The highest BCUT2D eigenvalue weighted by molar-refractivity contribution is 5.84. The number of aromatic hydroxyl groups is 1. The summed E-state index contributed by atoms with van der Waals surface area (Å²) in [6.07, 6.45) is 3.35. The second-order valence-electron chi connectivity index (χ2n) is 5.33. The molecule has 0 aliphatic heterocycles. The van der Waals surface area contributed by atoms with E-state index in [2.05, 4.69) is 11.9 Å². The summed E-state index contributed by atoms with van der Waals surface area (Å²) >= 11 is 0. The predicted octanol–water partition coefficient (Wildman–Crippen LogP) is 2.64. The Morgan fingerprint density at radius 2 is 2.09 bits per heavy atom. The van der Waals surface area contributed by atoms with Crippen LogP contribution in [0.4, 0.5) is 5.82 Å². The number of rotatable bonds is 6. The van der Waals surface area contributed by atoms with E-state index in [0.29, 0.717) is 23.5 Å². The van der Waals surface area contributed by atoms with Crippen molar-refractivity contribution in [3.63, 3.8) is 0 Å². The maximum Gasteiger partial charge on any atom is 0.124 e. The summed E-state index contributed by atoms with van der Waals surface area (Å²) in [5, 5.41) is 19.0. The fraction of sp³-hybridized carbons (Fsp3) is 0.294. The van der Waals surface area contributed by atoms with Crippen LogP contribution in [0.5, 0.6) is 5.75 Å². The van der Waals surface area contributed by atoms with E-state index >= 15 is 0 Å². The maximum atomic E-state index is 9.84. The number of benzene rings is 1. The number of H-pyrrole nitrogens is 1. The fourth-order valence-corrected chi connectivity index (χ4v) is 2.55. The quantitative estimate of drug-likeness (QED) is 0.565. The van der Waals surface area contributed by atoms with Gasteiger partial charge in [0.15, 0.2) is 0 Å². The normalized spacial score (nSPS) is 13.3. The Bertz CT molecular complexity index is 662. The van der Waals surface area contributed by atoms with Gasteiger partial charge in [-0.15, -0.1) is 0 Å². The van der Waals surface area contributed by atoms with Crippen LogP contribution < -0.4 is 11.5 Å². The Morgan fingerprint density at radius 3 is 2.73 bits per heavy atom. The van der Waals surface area contributed by atoms with E-state index in [9.17, 15) is 5.11 Å². The molecule has 0 amide bonds. The van der Waals surface area contributed by atoms with Crippen LogP contribution in [0.15, 0.2) is 30.3 Å². The van der Waals surface area contributed by atoms with Gasteiger partial charge in [0.1, 0.15) is 11.6 Å². The summed E-state index contributed by atoms with van der Waals surface area (Å²) < 4.78 is 0. The maximum absolute atomic E-state index is 9.84. The number of aliphatic hydroxyl groups excluding tert-OH is 1. The molecular weight excluding hydrogens is 278 g/mol. The Hall–Kier alpha value is -2.40. The minimum atomic E-state index is 0.136. The molecule has 0 saturated carbocycles. The first-order valence-electron chi connectivity index (χ1n) is 7.41. The molecule has 22 heavy (non-hydrogen) atoms. The van der Waals surface area contributed by atoms with Crippen LogP contribution in [0.1, 0.15) is 42.5 Å². The molecule has 0 bridgehead atoms. The molecular formula is C17H23N3O2. The molecule has 7 N–H and O–H groups in total. The molecule has 1 atom stereocenters. The number of aliphatic hydroxyl groups is 1. The second-order valence-corrected chi connectivity index (χ2v) is 5.33. The van der Waals surface area contributed by atoms with Gasteiger partial charge in [0.2, 0.25) is 0 Å². The van der Waals surface area contributed by atoms with Crippen molar-refractivity contribution < 1.29 is 10.2 Å². The first kappa shape index (κ1) is 16.0. The summed E-state index contributed by atoms with van der Waals surface area (Å²) in [6, 6.07) is 8.86. The van der Waals surface area contributed by atoms with Gasteiger partial charge in [-0.3, -0.25) is 0 Å². The zero-order chi connectivity index (χ0) is 16.1. The van der Waals surface area contributed by atoms with Crippen LogP contribution in [0.3, 0.4) is 0 Å². The first-order valence-corrected chi connectivity index (χ1v) is 7.41. The lowest BCUT2D eigenvalue weighted by atomic mass is 9.98. The average molecular weight is 301 g/mol. The number of nitrogens with two attached hydrogens (primary N) is 2. The summed E-state index contributed by atoms with van der Waals surface area (Å²) in [6.45, 7) is 2.21. The van der Waals surface area contributed by atoms with Gasteiger partial charge in [0.05, 0.1) is 0 Å². The highest BCUT2D eigenvalue weighted by atomic mass is 16.3. The van der Waals surface area contributed by atoms with Crippen molar-refractivity contribution in [3.05, 3.63) is 47.2 Å². The van der Waals surface area contributed by atoms with Gasteiger partial charge in [-0.05, 0) is 37.1 Å². The number of aromatic amines is 1. The van der Waals surface area contributed by atoms with Crippen molar-refractivity contribution in [1.82, 2.24) is 4.98 Å². The molecule has 1 aromatic heterocycles. The van der Waals surface area contributed by atoms with Crippen molar-refractivity contribution >= 4 is 17.6 Å². The topological polar surface area (TPSA) is 108 Å². The number of anilines is 1. The number of phenolic OH excluding ortho intramolecular Hbond substituents is 1. The standard InChI is InChI=1S/C17H23N3O2/c1-2-11(7-8-21)15-10-12(17(19)20-15)9-14(18)13-5-3-4-6-16(13)22/h3-6,9-11,20-22H,2,7-8,18-19H2,1H3/b14-9-/t11-/m0/s1. The number of para-hydroxylation sites is 1. The Kier molecular flexibility index (Phi) is 5.12. The molecule has 0 spiro atoms.